The van der Waals surface area contributed by atoms with Crippen LogP contribution in [0.15, 0.2) is 36.5 Å². The van der Waals surface area contributed by atoms with Crippen molar-refractivity contribution in [1.82, 2.24) is 10.3 Å². The number of amides is 1. The highest BCUT2D eigenvalue weighted by atomic mass is 35.5. The van der Waals surface area contributed by atoms with E-state index in [0.29, 0.717) is 17.3 Å². The first-order valence-electron chi connectivity index (χ1n) is 5.61. The minimum absolute atomic E-state index is 0.155. The zero-order valence-corrected chi connectivity index (χ0v) is 10.5. The third kappa shape index (κ3) is 3.28. The summed E-state index contributed by atoms with van der Waals surface area (Å²) in [6.07, 6.45) is 2.34. The van der Waals surface area contributed by atoms with Crippen molar-refractivity contribution in [2.24, 2.45) is 0 Å². The molecule has 0 aliphatic rings. The molecule has 1 heterocycles. The lowest BCUT2D eigenvalue weighted by molar-refractivity contribution is 0.0950. The van der Waals surface area contributed by atoms with Gasteiger partial charge in [-0.2, -0.15) is 0 Å². The maximum Gasteiger partial charge on any atom is 0.267 e. The molecule has 0 unspecified atom stereocenters. The quantitative estimate of drug-likeness (QED) is 0.740. The van der Waals surface area contributed by atoms with Crippen molar-refractivity contribution in [2.45, 2.75) is 6.42 Å². The molecule has 18 heavy (non-hydrogen) atoms. The Morgan fingerprint density at radius 1 is 1.33 bits per heavy atom. The van der Waals surface area contributed by atoms with Gasteiger partial charge in [-0.1, -0.05) is 23.7 Å². The van der Waals surface area contributed by atoms with Gasteiger partial charge in [-0.05, 0) is 30.2 Å². The lowest BCUT2D eigenvalue weighted by Crippen LogP contribution is -2.25. The SMILES string of the molecule is Nc1ccc(CCNC(=O)c2cc(Cl)c[nH]2)cc1. The molecule has 5 heteroatoms. The van der Waals surface area contributed by atoms with Crippen LogP contribution in [-0.2, 0) is 6.42 Å². The maximum atomic E-state index is 11.7. The van der Waals surface area contributed by atoms with Crippen LogP contribution in [0.25, 0.3) is 0 Å². The molecular formula is C13H14ClN3O. The molecule has 0 saturated heterocycles. The van der Waals surface area contributed by atoms with Crippen molar-refractivity contribution in [3.63, 3.8) is 0 Å². The summed E-state index contributed by atoms with van der Waals surface area (Å²) in [5.41, 5.74) is 7.94. The van der Waals surface area contributed by atoms with Crippen LogP contribution in [0.2, 0.25) is 5.02 Å². The largest absolute Gasteiger partial charge is 0.399 e. The van der Waals surface area contributed by atoms with Gasteiger partial charge in [-0.25, -0.2) is 0 Å². The van der Waals surface area contributed by atoms with Gasteiger partial charge in [-0.15, -0.1) is 0 Å². The molecule has 0 radical (unpaired) electrons. The number of aromatic nitrogens is 1. The van der Waals surface area contributed by atoms with Gasteiger partial charge in [-0.3, -0.25) is 4.79 Å². The zero-order chi connectivity index (χ0) is 13.0. The number of hydrogen-bond donors (Lipinski definition) is 3. The number of hydrogen-bond acceptors (Lipinski definition) is 2. The molecular weight excluding hydrogens is 250 g/mol. The number of rotatable bonds is 4. The third-order valence-corrected chi connectivity index (χ3v) is 2.79. The summed E-state index contributed by atoms with van der Waals surface area (Å²) in [6.45, 7) is 0.569. The first-order valence-corrected chi connectivity index (χ1v) is 5.99. The molecule has 0 bridgehead atoms. The van der Waals surface area contributed by atoms with Gasteiger partial charge >= 0.3 is 0 Å². The Balaban J connectivity index is 1.82. The highest BCUT2D eigenvalue weighted by Gasteiger charge is 2.06. The second-order valence-electron chi connectivity index (χ2n) is 3.98. The van der Waals surface area contributed by atoms with Gasteiger partial charge in [0.25, 0.3) is 5.91 Å². The summed E-state index contributed by atoms with van der Waals surface area (Å²) in [6, 6.07) is 9.20. The summed E-state index contributed by atoms with van der Waals surface area (Å²) in [5, 5.41) is 3.34. The van der Waals surface area contributed by atoms with Gasteiger partial charge < -0.3 is 16.0 Å². The Morgan fingerprint density at radius 3 is 2.67 bits per heavy atom. The number of nitrogens with one attached hydrogen (secondary N) is 2. The van der Waals surface area contributed by atoms with E-state index in [4.69, 9.17) is 17.3 Å². The van der Waals surface area contributed by atoms with Crippen LogP contribution < -0.4 is 11.1 Å². The molecule has 0 saturated carbocycles. The smallest absolute Gasteiger partial charge is 0.267 e. The third-order valence-electron chi connectivity index (χ3n) is 2.57. The molecule has 0 fully saturated rings. The molecule has 2 aromatic rings. The Bertz CT molecular complexity index is 533. The van der Waals surface area contributed by atoms with Crippen molar-refractivity contribution in [3.05, 3.63) is 52.8 Å². The van der Waals surface area contributed by atoms with Gasteiger partial charge in [0.2, 0.25) is 0 Å². The van der Waals surface area contributed by atoms with E-state index in [1.807, 2.05) is 24.3 Å². The average molecular weight is 264 g/mol. The van der Waals surface area contributed by atoms with Crippen LogP contribution >= 0.6 is 11.6 Å². The fourth-order valence-corrected chi connectivity index (χ4v) is 1.76. The Hall–Kier alpha value is -1.94. The van der Waals surface area contributed by atoms with Crippen LogP contribution in [0.5, 0.6) is 0 Å². The molecule has 1 amide bonds. The Labute approximate surface area is 110 Å². The second kappa shape index (κ2) is 5.60. The second-order valence-corrected chi connectivity index (χ2v) is 4.42. The van der Waals surface area contributed by atoms with Crippen LogP contribution in [0, 0.1) is 0 Å². The normalized spacial score (nSPS) is 10.3. The number of aromatic amines is 1. The standard InChI is InChI=1S/C13H14ClN3O/c14-10-7-12(17-8-10)13(18)16-6-5-9-1-3-11(15)4-2-9/h1-4,7-8,17H,5-6,15H2,(H,16,18). The number of benzene rings is 1. The van der Waals surface area contributed by atoms with Crippen molar-refractivity contribution in [3.8, 4) is 0 Å². The number of halogens is 1. The van der Waals surface area contributed by atoms with Crippen LogP contribution in [0.4, 0.5) is 5.69 Å². The minimum Gasteiger partial charge on any atom is -0.399 e. The number of anilines is 1. The topological polar surface area (TPSA) is 70.9 Å². The van der Waals surface area contributed by atoms with Crippen molar-refractivity contribution < 1.29 is 4.79 Å². The molecule has 0 aliphatic heterocycles. The highest BCUT2D eigenvalue weighted by molar-refractivity contribution is 6.30. The van der Waals surface area contributed by atoms with E-state index >= 15 is 0 Å². The molecule has 1 aromatic heterocycles. The summed E-state index contributed by atoms with van der Waals surface area (Å²) in [7, 11) is 0. The number of carbonyl (C=O) groups is 1. The summed E-state index contributed by atoms with van der Waals surface area (Å²) in [5.74, 6) is -0.155. The summed E-state index contributed by atoms with van der Waals surface area (Å²) < 4.78 is 0. The molecule has 1 aromatic carbocycles. The van der Waals surface area contributed by atoms with Crippen LogP contribution in [-0.4, -0.2) is 17.4 Å². The van der Waals surface area contributed by atoms with E-state index in [0.717, 1.165) is 17.7 Å². The first-order chi connectivity index (χ1) is 8.65. The minimum atomic E-state index is -0.155. The van der Waals surface area contributed by atoms with Crippen molar-refractivity contribution >= 4 is 23.2 Å². The molecule has 4 nitrogen and oxygen atoms in total. The number of carbonyl (C=O) groups excluding carboxylic acids is 1. The fourth-order valence-electron chi connectivity index (χ4n) is 1.60. The molecule has 2 rings (SSSR count). The molecule has 0 spiro atoms. The van der Waals surface area contributed by atoms with Gasteiger partial charge in [0.15, 0.2) is 0 Å². The molecule has 94 valence electrons. The van der Waals surface area contributed by atoms with E-state index in [1.165, 1.54) is 0 Å². The fraction of sp³-hybridized carbons (Fsp3) is 0.154. The van der Waals surface area contributed by atoms with Crippen molar-refractivity contribution in [2.75, 3.05) is 12.3 Å². The lowest BCUT2D eigenvalue weighted by Gasteiger charge is -2.04. The average Bonchev–Trinajstić information content (AvgIpc) is 2.78. The number of H-pyrrole nitrogens is 1. The highest BCUT2D eigenvalue weighted by Crippen LogP contribution is 2.09. The van der Waals surface area contributed by atoms with Gasteiger partial charge in [0.05, 0.1) is 5.02 Å². The first kappa shape index (κ1) is 12.5. The lowest BCUT2D eigenvalue weighted by atomic mass is 10.1. The van der Waals surface area contributed by atoms with Gasteiger partial charge in [0.1, 0.15) is 5.69 Å². The molecule has 0 aliphatic carbocycles. The summed E-state index contributed by atoms with van der Waals surface area (Å²) >= 11 is 5.73. The summed E-state index contributed by atoms with van der Waals surface area (Å²) in [4.78, 5) is 14.5. The van der Waals surface area contributed by atoms with E-state index in [9.17, 15) is 4.79 Å². The predicted octanol–water partition coefficient (Wildman–Crippen LogP) is 2.22. The zero-order valence-electron chi connectivity index (χ0n) is 9.74. The molecule has 4 N–H and O–H groups in total. The van der Waals surface area contributed by atoms with Crippen LogP contribution in [0.1, 0.15) is 16.1 Å². The monoisotopic (exact) mass is 263 g/mol. The Kier molecular flexibility index (Phi) is 3.89. The number of nitrogen functional groups attached to an aromatic ring is 1. The van der Waals surface area contributed by atoms with E-state index in [-0.39, 0.29) is 5.91 Å². The van der Waals surface area contributed by atoms with Gasteiger partial charge in [0, 0.05) is 18.4 Å². The Morgan fingerprint density at radius 2 is 2.06 bits per heavy atom. The van der Waals surface area contributed by atoms with E-state index in [1.54, 1.807) is 12.3 Å². The number of nitrogens with two attached hydrogens (primary N) is 1. The van der Waals surface area contributed by atoms with Crippen LogP contribution in [0.3, 0.4) is 0 Å². The predicted molar refractivity (Wildman–Crippen MR) is 72.7 cm³/mol. The molecule has 0 atom stereocenters. The maximum absolute atomic E-state index is 11.7. The van der Waals surface area contributed by atoms with Crippen molar-refractivity contribution in [1.29, 1.82) is 0 Å². The van der Waals surface area contributed by atoms with E-state index < -0.39 is 0 Å². The van der Waals surface area contributed by atoms with E-state index in [2.05, 4.69) is 10.3 Å².